The number of carbonyl (C=O) groups is 1. The molecule has 12 heteroatoms. The Morgan fingerprint density at radius 3 is 2.60 bits per heavy atom. The number of amides is 1. The molecule has 0 N–H and O–H groups in total. The van der Waals surface area contributed by atoms with Crippen molar-refractivity contribution in [2.75, 3.05) is 25.1 Å². The van der Waals surface area contributed by atoms with Crippen LogP contribution in [0.25, 0.3) is 0 Å². The average molecular weight is 590 g/mol. The molecule has 0 bridgehead atoms. The lowest BCUT2D eigenvalue weighted by molar-refractivity contribution is -0.138. The third kappa shape index (κ3) is 5.30. The van der Waals surface area contributed by atoms with Crippen LogP contribution in [-0.2, 0) is 42.9 Å². The zero-order chi connectivity index (χ0) is 29.9. The number of carbonyl (C=O) groups excluding carboxylic acids is 1. The number of aryl methyl sites for hydroxylation is 1. The molecule has 0 spiro atoms. The number of hydrogen-bond acceptors (Lipinski definition) is 5. The lowest BCUT2D eigenvalue weighted by Gasteiger charge is -2.48. The number of benzene rings is 2. The van der Waals surface area contributed by atoms with Crippen LogP contribution in [0.1, 0.15) is 64.1 Å². The Morgan fingerprint density at radius 1 is 1.14 bits per heavy atom. The van der Waals surface area contributed by atoms with Crippen LogP contribution in [0.15, 0.2) is 42.7 Å². The van der Waals surface area contributed by atoms with Gasteiger partial charge in [-0.3, -0.25) is 9.69 Å². The number of fused-ring (bicyclic) bond motifs is 1. The molecule has 1 saturated heterocycles. The van der Waals surface area contributed by atoms with Gasteiger partial charge in [0.05, 0.1) is 18.2 Å². The fourth-order valence-corrected chi connectivity index (χ4v) is 6.77. The molecule has 0 unspecified atom stereocenters. The zero-order valence-corrected chi connectivity index (χ0v) is 23.4. The van der Waals surface area contributed by atoms with Crippen LogP contribution in [0.4, 0.5) is 27.6 Å². The van der Waals surface area contributed by atoms with Gasteiger partial charge in [0, 0.05) is 63.2 Å². The van der Waals surface area contributed by atoms with E-state index in [0.29, 0.717) is 29.2 Å². The Morgan fingerprint density at radius 2 is 1.93 bits per heavy atom. The average Bonchev–Trinajstić information content (AvgIpc) is 3.48. The molecule has 2 fully saturated rings. The molecule has 1 atom stereocenters. The molecule has 42 heavy (non-hydrogen) atoms. The minimum atomic E-state index is -4.65. The van der Waals surface area contributed by atoms with Gasteiger partial charge in [0.15, 0.2) is 0 Å². The Hall–Kier alpha value is -3.38. The molecule has 1 aromatic heterocycles. The maximum absolute atomic E-state index is 14.3. The quantitative estimate of drug-likeness (QED) is 0.340. The van der Waals surface area contributed by atoms with Crippen molar-refractivity contribution in [3.8, 4) is 0 Å². The number of methoxy groups -OCH3 is 1. The number of hydrogen-bond donors (Lipinski definition) is 0. The Balaban J connectivity index is 1.31. The fraction of sp³-hybridized carbons (Fsp3) is 0.500. The number of halogens is 5. The monoisotopic (exact) mass is 589 g/mol. The van der Waals surface area contributed by atoms with E-state index in [0.717, 1.165) is 25.5 Å². The number of piperidine rings is 1. The summed E-state index contributed by atoms with van der Waals surface area (Å²) in [4.78, 5) is 17.0. The molecule has 3 aliphatic rings. The van der Waals surface area contributed by atoms with Gasteiger partial charge in [-0.25, -0.2) is 8.78 Å². The summed E-state index contributed by atoms with van der Waals surface area (Å²) < 4.78 is 78.5. The van der Waals surface area contributed by atoms with Crippen LogP contribution in [0, 0.1) is 0 Å². The minimum absolute atomic E-state index is 0.0206. The molecule has 1 saturated carbocycles. The number of aromatic nitrogens is 3. The van der Waals surface area contributed by atoms with E-state index in [4.69, 9.17) is 4.74 Å². The topological polar surface area (TPSA) is 63.5 Å². The highest BCUT2D eigenvalue weighted by Crippen LogP contribution is 2.55. The molecular formula is C30H32F5N5O2. The van der Waals surface area contributed by atoms with Gasteiger partial charge in [-0.15, -0.1) is 10.2 Å². The summed E-state index contributed by atoms with van der Waals surface area (Å²) in [6, 6.07) is 9.39. The third-order valence-corrected chi connectivity index (χ3v) is 8.87. The molecule has 6 rings (SSSR count). The van der Waals surface area contributed by atoms with E-state index in [9.17, 15) is 26.7 Å². The first-order valence-corrected chi connectivity index (χ1v) is 14.0. The van der Waals surface area contributed by atoms with Gasteiger partial charge in [-0.1, -0.05) is 12.1 Å². The molecule has 2 aliphatic heterocycles. The Bertz CT molecular complexity index is 1500. The molecule has 3 aromatic rings. The largest absolute Gasteiger partial charge is 0.416 e. The second-order valence-electron chi connectivity index (χ2n) is 11.9. The van der Waals surface area contributed by atoms with Crippen molar-refractivity contribution in [1.29, 1.82) is 0 Å². The summed E-state index contributed by atoms with van der Waals surface area (Å²) in [5.41, 5.74) is -0.425. The lowest BCUT2D eigenvalue weighted by atomic mass is 9.60. The van der Waals surface area contributed by atoms with Gasteiger partial charge in [-0.2, -0.15) is 13.2 Å². The fourth-order valence-electron chi connectivity index (χ4n) is 6.77. The normalized spacial score (nSPS) is 21.8. The molecule has 1 amide bonds. The second kappa shape index (κ2) is 10.4. The van der Waals surface area contributed by atoms with Crippen LogP contribution >= 0.6 is 0 Å². The maximum Gasteiger partial charge on any atom is 0.416 e. The van der Waals surface area contributed by atoms with Gasteiger partial charge in [0.25, 0.3) is 5.91 Å². The number of anilines is 1. The van der Waals surface area contributed by atoms with E-state index < -0.39 is 41.8 Å². The predicted molar refractivity (Wildman–Crippen MR) is 144 cm³/mol. The van der Waals surface area contributed by atoms with Crippen molar-refractivity contribution in [3.05, 3.63) is 76.4 Å². The summed E-state index contributed by atoms with van der Waals surface area (Å²) in [5, 5.41) is 7.93. The highest BCUT2D eigenvalue weighted by Gasteiger charge is 2.57. The molecule has 7 nitrogen and oxygen atoms in total. The smallest absolute Gasteiger partial charge is 0.380 e. The second-order valence-corrected chi connectivity index (χ2v) is 11.9. The van der Waals surface area contributed by atoms with E-state index in [1.807, 2.05) is 4.90 Å². The highest BCUT2D eigenvalue weighted by molar-refractivity contribution is 6.10. The molecular weight excluding hydrogens is 557 g/mol. The SMILES string of the molecule is CO[C@H]1CCCN(Cc2cc3c(c(C(F)(F)F)c2)CN(c2cccc(C4(Cc5nncn5C)CC(F)(F)C4)c2)C3=O)C1. The lowest BCUT2D eigenvalue weighted by Crippen LogP contribution is -2.51. The van der Waals surface area contributed by atoms with Gasteiger partial charge in [0.2, 0.25) is 5.92 Å². The van der Waals surface area contributed by atoms with E-state index in [1.54, 1.807) is 49.1 Å². The van der Waals surface area contributed by atoms with Crippen molar-refractivity contribution in [3.63, 3.8) is 0 Å². The zero-order valence-electron chi connectivity index (χ0n) is 23.4. The Labute approximate surface area is 240 Å². The highest BCUT2D eigenvalue weighted by atomic mass is 19.4. The Kier molecular flexibility index (Phi) is 7.12. The summed E-state index contributed by atoms with van der Waals surface area (Å²) in [5.74, 6) is -2.83. The van der Waals surface area contributed by atoms with Gasteiger partial charge in [0.1, 0.15) is 12.2 Å². The van der Waals surface area contributed by atoms with Gasteiger partial charge < -0.3 is 14.2 Å². The number of ether oxygens (including phenoxy) is 1. The number of alkyl halides is 5. The first kappa shape index (κ1) is 28.7. The summed E-state index contributed by atoms with van der Waals surface area (Å²) in [6.45, 7) is 1.36. The number of likely N-dealkylation sites (tertiary alicyclic amines) is 1. The van der Waals surface area contributed by atoms with Crippen LogP contribution in [-0.4, -0.2) is 57.8 Å². The third-order valence-electron chi connectivity index (χ3n) is 8.87. The van der Waals surface area contributed by atoms with Crippen molar-refractivity contribution in [2.45, 2.75) is 68.8 Å². The molecule has 2 aromatic carbocycles. The van der Waals surface area contributed by atoms with E-state index >= 15 is 0 Å². The maximum atomic E-state index is 14.3. The van der Waals surface area contributed by atoms with E-state index in [-0.39, 0.29) is 36.7 Å². The first-order valence-electron chi connectivity index (χ1n) is 14.0. The first-order chi connectivity index (χ1) is 19.9. The van der Waals surface area contributed by atoms with Crippen molar-refractivity contribution >= 4 is 11.6 Å². The van der Waals surface area contributed by atoms with Crippen molar-refractivity contribution in [1.82, 2.24) is 19.7 Å². The van der Waals surface area contributed by atoms with Crippen LogP contribution in [0.3, 0.4) is 0 Å². The summed E-state index contributed by atoms with van der Waals surface area (Å²) in [7, 11) is 3.37. The molecule has 1 aliphatic carbocycles. The van der Waals surface area contributed by atoms with Crippen molar-refractivity contribution < 1.29 is 31.5 Å². The number of rotatable bonds is 7. The summed E-state index contributed by atoms with van der Waals surface area (Å²) in [6.07, 6.45) is -1.92. The molecule has 0 radical (unpaired) electrons. The minimum Gasteiger partial charge on any atom is -0.380 e. The van der Waals surface area contributed by atoms with E-state index in [2.05, 4.69) is 10.2 Å². The van der Waals surface area contributed by atoms with Crippen LogP contribution < -0.4 is 4.90 Å². The van der Waals surface area contributed by atoms with E-state index in [1.165, 1.54) is 11.2 Å². The standard InChI is InChI=1S/C30H32F5N5O2/c1-38-18-36-37-26(38)12-28(16-29(31,32)17-28)20-5-3-6-21(11-20)40-15-24-23(27(40)41)9-19(10-25(24)30(33,34)35)13-39-8-4-7-22(14-39)42-2/h3,5-6,9-11,18,22H,4,7-8,12-17H2,1-2H3/t22-/m0/s1. The molecule has 3 heterocycles. The van der Waals surface area contributed by atoms with Gasteiger partial charge in [-0.05, 0) is 60.3 Å². The number of nitrogens with zero attached hydrogens (tertiary/aromatic N) is 5. The van der Waals surface area contributed by atoms with Crippen LogP contribution in [0.2, 0.25) is 0 Å². The van der Waals surface area contributed by atoms with Crippen molar-refractivity contribution in [2.24, 2.45) is 7.05 Å². The van der Waals surface area contributed by atoms with Gasteiger partial charge >= 0.3 is 6.18 Å². The predicted octanol–water partition coefficient (Wildman–Crippen LogP) is 5.51. The van der Waals surface area contributed by atoms with Crippen LogP contribution in [0.5, 0.6) is 0 Å². The summed E-state index contributed by atoms with van der Waals surface area (Å²) >= 11 is 0. The molecule has 224 valence electrons.